The minimum Gasteiger partial charge on any atom is -0.477 e. The van der Waals surface area contributed by atoms with Crippen LogP contribution in [0.1, 0.15) is 22.5 Å². The van der Waals surface area contributed by atoms with Gasteiger partial charge in [0.1, 0.15) is 11.4 Å². The molecule has 0 saturated heterocycles. The summed E-state index contributed by atoms with van der Waals surface area (Å²) in [5, 5.41) is 12.9. The molecule has 20 heavy (non-hydrogen) atoms. The molecule has 1 N–H and O–H groups in total. The third-order valence-electron chi connectivity index (χ3n) is 2.45. The highest BCUT2D eigenvalue weighted by Gasteiger charge is 2.29. The van der Waals surface area contributed by atoms with Crippen LogP contribution in [0, 0.1) is 0 Å². The zero-order valence-corrected chi connectivity index (χ0v) is 10.9. The molecule has 1 aromatic heterocycles. The summed E-state index contributed by atoms with van der Waals surface area (Å²) in [5.74, 6) is -1.59. The summed E-state index contributed by atoms with van der Waals surface area (Å²) in [6, 6.07) is 6.14. The largest absolute Gasteiger partial charge is 0.477 e. The first kappa shape index (κ1) is 14.3. The van der Waals surface area contributed by atoms with Gasteiger partial charge in [-0.1, -0.05) is 17.7 Å². The van der Waals surface area contributed by atoms with E-state index in [1.165, 1.54) is 19.2 Å². The van der Waals surface area contributed by atoms with Gasteiger partial charge < -0.3 is 9.84 Å². The summed E-state index contributed by atoms with van der Waals surface area (Å²) >= 11 is 5.77. The fourth-order valence-corrected chi connectivity index (χ4v) is 1.82. The molecule has 1 heterocycles. The number of nitrogens with zero attached hydrogens (tertiary/aromatic N) is 2. The summed E-state index contributed by atoms with van der Waals surface area (Å²) in [4.78, 5) is 11.1. The average molecular weight is 303 g/mol. The topological polar surface area (TPSA) is 64.4 Å². The number of carboxylic acid groups (broad SMARTS) is 1. The van der Waals surface area contributed by atoms with Gasteiger partial charge in [-0.05, 0) is 18.2 Å². The zero-order valence-electron chi connectivity index (χ0n) is 10.2. The maximum atomic E-state index is 12.8. The molecule has 2 aromatic rings. The fourth-order valence-electron chi connectivity index (χ4n) is 1.64. The molecular formula is C12H9ClF2N2O3. The van der Waals surface area contributed by atoms with Crippen molar-refractivity contribution in [2.24, 2.45) is 7.05 Å². The molecule has 0 unspecified atom stereocenters. The molecule has 0 amide bonds. The van der Waals surface area contributed by atoms with Crippen LogP contribution in [0.2, 0.25) is 5.02 Å². The van der Waals surface area contributed by atoms with E-state index in [1.807, 2.05) is 0 Å². The number of hydrogen-bond acceptors (Lipinski definition) is 3. The predicted octanol–water partition coefficient (Wildman–Crippen LogP) is 3.50. The van der Waals surface area contributed by atoms with Crippen LogP contribution in [0.3, 0.4) is 0 Å². The Kier molecular flexibility index (Phi) is 3.89. The molecule has 106 valence electrons. The van der Waals surface area contributed by atoms with Gasteiger partial charge in [0.15, 0.2) is 5.56 Å². The Morgan fingerprint density at radius 3 is 2.75 bits per heavy atom. The lowest BCUT2D eigenvalue weighted by atomic mass is 10.2. The molecule has 1 aromatic carbocycles. The Balaban J connectivity index is 2.48. The molecule has 0 saturated carbocycles. The number of carbonyl (C=O) groups is 1. The first-order valence-electron chi connectivity index (χ1n) is 5.42. The summed E-state index contributed by atoms with van der Waals surface area (Å²) in [6.45, 7) is 0. The molecule has 0 aliphatic heterocycles. The highest BCUT2D eigenvalue weighted by atomic mass is 35.5. The first-order chi connectivity index (χ1) is 9.40. The molecule has 5 nitrogen and oxygen atoms in total. The van der Waals surface area contributed by atoms with E-state index in [9.17, 15) is 13.6 Å². The Labute approximate surface area is 117 Å². The number of hydrogen-bond donors (Lipinski definition) is 1. The van der Waals surface area contributed by atoms with E-state index >= 15 is 0 Å². The second-order valence-electron chi connectivity index (χ2n) is 3.85. The standard InChI is InChI=1S/C12H9ClF2N2O3/c1-17-11(20-7-4-2-3-6(13)5-7)8(12(18)19)9(16-17)10(14)15/h2-5,10H,1H3,(H,18,19). The molecule has 0 radical (unpaired) electrons. The number of rotatable bonds is 4. The van der Waals surface area contributed by atoms with E-state index in [4.69, 9.17) is 21.4 Å². The number of aromatic nitrogens is 2. The molecule has 0 bridgehead atoms. The van der Waals surface area contributed by atoms with Gasteiger partial charge in [-0.3, -0.25) is 0 Å². The quantitative estimate of drug-likeness (QED) is 0.938. The second kappa shape index (κ2) is 5.46. The summed E-state index contributed by atoms with van der Waals surface area (Å²) in [5.41, 5.74) is -1.50. The van der Waals surface area contributed by atoms with Gasteiger partial charge >= 0.3 is 5.97 Å². The fraction of sp³-hybridized carbons (Fsp3) is 0.167. The smallest absolute Gasteiger partial charge is 0.343 e. The van der Waals surface area contributed by atoms with E-state index in [0.29, 0.717) is 5.02 Å². The van der Waals surface area contributed by atoms with Crippen molar-refractivity contribution in [3.63, 3.8) is 0 Å². The van der Waals surface area contributed by atoms with Crippen LogP contribution in [-0.2, 0) is 7.05 Å². The van der Waals surface area contributed by atoms with Crippen LogP contribution in [0.5, 0.6) is 11.6 Å². The first-order valence-corrected chi connectivity index (χ1v) is 5.79. The molecule has 2 rings (SSSR count). The summed E-state index contributed by atoms with van der Waals surface area (Å²) < 4.78 is 31.8. The molecule has 0 aliphatic rings. The van der Waals surface area contributed by atoms with Crippen LogP contribution in [0.25, 0.3) is 0 Å². The lowest BCUT2D eigenvalue weighted by Gasteiger charge is -2.07. The molecule has 0 aliphatic carbocycles. The van der Waals surface area contributed by atoms with Crippen LogP contribution in [0.4, 0.5) is 8.78 Å². The summed E-state index contributed by atoms with van der Waals surface area (Å²) in [6.07, 6.45) is -3.01. The minimum absolute atomic E-state index is 0.226. The highest BCUT2D eigenvalue weighted by molar-refractivity contribution is 6.30. The molecule has 0 atom stereocenters. The maximum Gasteiger partial charge on any atom is 0.343 e. The number of benzene rings is 1. The monoisotopic (exact) mass is 302 g/mol. The van der Waals surface area contributed by atoms with Gasteiger partial charge in [0, 0.05) is 12.1 Å². The molecule has 0 fully saturated rings. The van der Waals surface area contributed by atoms with Gasteiger partial charge in [-0.2, -0.15) is 5.10 Å². The zero-order chi connectivity index (χ0) is 14.9. The van der Waals surface area contributed by atoms with Gasteiger partial charge in [-0.25, -0.2) is 18.3 Å². The van der Waals surface area contributed by atoms with Crippen molar-refractivity contribution >= 4 is 17.6 Å². The number of halogens is 3. The van der Waals surface area contributed by atoms with Crippen molar-refractivity contribution in [3.05, 3.63) is 40.5 Å². The molecule has 0 spiro atoms. The van der Waals surface area contributed by atoms with E-state index < -0.39 is 23.7 Å². The highest BCUT2D eigenvalue weighted by Crippen LogP contribution is 2.32. The third kappa shape index (κ3) is 2.72. The SMILES string of the molecule is Cn1nc(C(F)F)c(C(=O)O)c1Oc1cccc(Cl)c1. The number of carboxylic acids is 1. The average Bonchev–Trinajstić information content (AvgIpc) is 2.67. The number of aryl methyl sites for hydroxylation is 1. The van der Waals surface area contributed by atoms with E-state index in [1.54, 1.807) is 12.1 Å². The van der Waals surface area contributed by atoms with E-state index in [2.05, 4.69) is 5.10 Å². The minimum atomic E-state index is -3.01. The number of aromatic carboxylic acids is 1. The Hall–Kier alpha value is -2.15. The second-order valence-corrected chi connectivity index (χ2v) is 4.29. The maximum absolute atomic E-state index is 12.8. The van der Waals surface area contributed by atoms with Crippen molar-refractivity contribution in [2.45, 2.75) is 6.43 Å². The number of alkyl halides is 2. The van der Waals surface area contributed by atoms with Gasteiger partial charge in [0.05, 0.1) is 0 Å². The van der Waals surface area contributed by atoms with Crippen molar-refractivity contribution in [2.75, 3.05) is 0 Å². The molecular weight excluding hydrogens is 294 g/mol. The lowest BCUT2D eigenvalue weighted by Crippen LogP contribution is -2.03. The third-order valence-corrected chi connectivity index (χ3v) is 2.69. The summed E-state index contributed by atoms with van der Waals surface area (Å²) in [7, 11) is 1.32. The van der Waals surface area contributed by atoms with Crippen LogP contribution >= 0.6 is 11.6 Å². The normalized spacial score (nSPS) is 10.8. The van der Waals surface area contributed by atoms with Gasteiger partial charge in [0.2, 0.25) is 5.88 Å². The van der Waals surface area contributed by atoms with Crippen LogP contribution in [0.15, 0.2) is 24.3 Å². The Bertz CT molecular complexity index is 658. The molecule has 8 heteroatoms. The predicted molar refractivity (Wildman–Crippen MR) is 66.7 cm³/mol. The van der Waals surface area contributed by atoms with Crippen molar-refractivity contribution in [1.82, 2.24) is 9.78 Å². The number of ether oxygens (including phenoxy) is 1. The van der Waals surface area contributed by atoms with Crippen LogP contribution in [-0.4, -0.2) is 20.9 Å². The van der Waals surface area contributed by atoms with Gasteiger partial charge in [-0.15, -0.1) is 0 Å². The van der Waals surface area contributed by atoms with E-state index in [0.717, 1.165) is 4.68 Å². The van der Waals surface area contributed by atoms with Crippen LogP contribution < -0.4 is 4.74 Å². The Morgan fingerprint density at radius 2 is 2.20 bits per heavy atom. The van der Waals surface area contributed by atoms with E-state index in [-0.39, 0.29) is 11.6 Å². The Morgan fingerprint density at radius 1 is 1.50 bits per heavy atom. The van der Waals surface area contributed by atoms with Crippen molar-refractivity contribution in [1.29, 1.82) is 0 Å². The van der Waals surface area contributed by atoms with Crippen molar-refractivity contribution in [3.8, 4) is 11.6 Å². The lowest BCUT2D eigenvalue weighted by molar-refractivity contribution is 0.0681. The van der Waals surface area contributed by atoms with Crippen molar-refractivity contribution < 1.29 is 23.4 Å². The van der Waals surface area contributed by atoms with Gasteiger partial charge in [0.25, 0.3) is 6.43 Å².